The maximum atomic E-state index is 12.7. The molecule has 30 heavy (non-hydrogen) atoms. The van der Waals surface area contributed by atoms with Crippen molar-refractivity contribution in [2.24, 2.45) is 0 Å². The summed E-state index contributed by atoms with van der Waals surface area (Å²) in [5, 5.41) is 10.9. The lowest BCUT2D eigenvalue weighted by molar-refractivity contribution is -0.386. The van der Waals surface area contributed by atoms with Crippen LogP contribution in [-0.2, 0) is 20.4 Å². The van der Waals surface area contributed by atoms with Gasteiger partial charge in [0.15, 0.2) is 0 Å². The Hall–Kier alpha value is -3.05. The van der Waals surface area contributed by atoms with Crippen molar-refractivity contribution in [2.75, 3.05) is 13.7 Å². The summed E-state index contributed by atoms with van der Waals surface area (Å²) in [4.78, 5) is 22.3. The highest BCUT2D eigenvalue weighted by molar-refractivity contribution is 6.32. The van der Waals surface area contributed by atoms with E-state index in [2.05, 4.69) is 0 Å². The third kappa shape index (κ3) is 5.74. The monoisotopic (exact) mass is 449 g/mol. The highest BCUT2D eigenvalue weighted by Crippen LogP contribution is 2.38. The Morgan fingerprint density at radius 2 is 1.90 bits per heavy atom. The fourth-order valence-corrected chi connectivity index (χ4v) is 2.43. The normalized spacial score (nSPS) is 12.2. The lowest BCUT2D eigenvalue weighted by Gasteiger charge is -2.16. The summed E-state index contributed by atoms with van der Waals surface area (Å²) in [7, 11) is 1.13. The third-order valence-electron chi connectivity index (χ3n) is 3.54. The predicted octanol–water partition coefficient (Wildman–Crippen LogP) is 4.97. The minimum absolute atomic E-state index is 0.0275. The third-order valence-corrected chi connectivity index (χ3v) is 3.84. The molecule has 0 N–H and O–H groups in total. The van der Waals surface area contributed by atoms with Gasteiger partial charge in [0.1, 0.15) is 11.5 Å². The summed E-state index contributed by atoms with van der Waals surface area (Å²) in [5.41, 5.74) is -1.47. The van der Waals surface area contributed by atoms with Crippen molar-refractivity contribution in [1.82, 2.24) is 0 Å². The number of methoxy groups -OCH3 is 1. The number of carbonyl (C=O) groups excluding carboxylic acids is 1. The van der Waals surface area contributed by atoms with Crippen molar-refractivity contribution in [3.8, 4) is 17.2 Å². The highest BCUT2D eigenvalue weighted by atomic mass is 35.5. The largest absolute Gasteiger partial charge is 0.461 e. The number of esters is 1. The zero-order valence-electron chi connectivity index (χ0n) is 15.6. The van der Waals surface area contributed by atoms with Crippen LogP contribution >= 0.6 is 11.6 Å². The van der Waals surface area contributed by atoms with Crippen molar-refractivity contribution >= 4 is 23.3 Å². The number of carbonyl (C=O) groups is 1. The number of benzene rings is 2. The standard InChI is InChI=1S/C18H15ClF3NO7/c1-3-28-16(24)17(27-2)30-15-9-11(5-6-13(15)23(25)26)29-14-7-4-10(8-12(14)19)18(20,21)22/h4-9,17H,3H2,1-2H3. The topological polar surface area (TPSA) is 97.1 Å². The van der Waals surface area contributed by atoms with Crippen LogP contribution in [0.25, 0.3) is 0 Å². The van der Waals surface area contributed by atoms with Crippen molar-refractivity contribution in [2.45, 2.75) is 19.4 Å². The summed E-state index contributed by atoms with van der Waals surface area (Å²) < 4.78 is 58.5. The molecule has 0 bridgehead atoms. The highest BCUT2D eigenvalue weighted by Gasteiger charge is 2.31. The molecule has 1 unspecified atom stereocenters. The van der Waals surface area contributed by atoms with Gasteiger partial charge in [-0.1, -0.05) is 11.6 Å². The maximum absolute atomic E-state index is 12.7. The number of nitrogens with zero attached hydrogens (tertiary/aromatic N) is 1. The van der Waals surface area contributed by atoms with E-state index in [9.17, 15) is 28.1 Å². The van der Waals surface area contributed by atoms with Gasteiger partial charge in [0, 0.05) is 19.2 Å². The molecular weight excluding hydrogens is 435 g/mol. The van der Waals surface area contributed by atoms with Gasteiger partial charge in [-0.15, -0.1) is 0 Å². The number of nitro groups is 1. The predicted molar refractivity (Wildman–Crippen MR) is 97.7 cm³/mol. The molecular formula is C18H15ClF3NO7. The number of ether oxygens (including phenoxy) is 4. The van der Waals surface area contributed by atoms with Gasteiger partial charge in [0.05, 0.1) is 22.1 Å². The SMILES string of the molecule is CCOC(=O)C(OC)Oc1cc(Oc2ccc(C(F)(F)F)cc2Cl)ccc1[N+](=O)[O-]. The van der Waals surface area contributed by atoms with Gasteiger partial charge >= 0.3 is 17.8 Å². The van der Waals surface area contributed by atoms with E-state index >= 15 is 0 Å². The first kappa shape index (κ1) is 23.2. The average Bonchev–Trinajstić information content (AvgIpc) is 2.66. The van der Waals surface area contributed by atoms with E-state index in [1.54, 1.807) is 6.92 Å². The molecule has 2 aromatic carbocycles. The first-order chi connectivity index (χ1) is 14.1. The molecule has 0 fully saturated rings. The van der Waals surface area contributed by atoms with E-state index in [0.717, 1.165) is 31.4 Å². The van der Waals surface area contributed by atoms with Crippen molar-refractivity contribution in [3.05, 3.63) is 57.1 Å². The fourth-order valence-electron chi connectivity index (χ4n) is 2.21. The van der Waals surface area contributed by atoms with E-state index in [0.29, 0.717) is 6.07 Å². The first-order valence-corrected chi connectivity index (χ1v) is 8.63. The molecule has 0 heterocycles. The van der Waals surface area contributed by atoms with E-state index in [-0.39, 0.29) is 28.9 Å². The number of nitro benzene ring substituents is 1. The lowest BCUT2D eigenvalue weighted by atomic mass is 10.2. The zero-order valence-corrected chi connectivity index (χ0v) is 16.3. The molecule has 0 aliphatic heterocycles. The number of alkyl halides is 3. The summed E-state index contributed by atoms with van der Waals surface area (Å²) in [6, 6.07) is 5.74. The second kappa shape index (κ2) is 9.63. The Kier molecular flexibility index (Phi) is 7.46. The molecule has 1 atom stereocenters. The summed E-state index contributed by atoms with van der Waals surface area (Å²) >= 11 is 5.84. The van der Waals surface area contributed by atoms with Crippen LogP contribution in [0.4, 0.5) is 18.9 Å². The van der Waals surface area contributed by atoms with Crippen LogP contribution in [0.5, 0.6) is 17.2 Å². The van der Waals surface area contributed by atoms with Crippen molar-refractivity contribution in [3.63, 3.8) is 0 Å². The van der Waals surface area contributed by atoms with Crippen LogP contribution in [0, 0.1) is 10.1 Å². The van der Waals surface area contributed by atoms with Gasteiger partial charge < -0.3 is 18.9 Å². The molecule has 0 saturated heterocycles. The van der Waals surface area contributed by atoms with Crippen LogP contribution < -0.4 is 9.47 Å². The average molecular weight is 450 g/mol. The molecule has 2 rings (SSSR count). The fraction of sp³-hybridized carbons (Fsp3) is 0.278. The Bertz CT molecular complexity index is 936. The Morgan fingerprint density at radius 3 is 2.43 bits per heavy atom. The summed E-state index contributed by atoms with van der Waals surface area (Å²) in [6.07, 6.45) is -6.17. The number of hydrogen-bond donors (Lipinski definition) is 0. The van der Waals surface area contributed by atoms with E-state index in [4.69, 9.17) is 30.5 Å². The quantitative estimate of drug-likeness (QED) is 0.243. The Labute approximate surface area is 173 Å². The maximum Gasteiger partial charge on any atom is 0.416 e. The minimum atomic E-state index is -4.58. The van der Waals surface area contributed by atoms with Gasteiger partial charge in [-0.2, -0.15) is 13.2 Å². The van der Waals surface area contributed by atoms with Crippen LogP contribution in [-0.4, -0.2) is 30.9 Å². The zero-order chi connectivity index (χ0) is 22.5. The Balaban J connectivity index is 2.33. The molecule has 0 saturated carbocycles. The van der Waals surface area contributed by atoms with E-state index < -0.39 is 34.6 Å². The van der Waals surface area contributed by atoms with Crippen molar-refractivity contribution < 1.29 is 41.8 Å². The van der Waals surface area contributed by atoms with Gasteiger partial charge in [-0.25, -0.2) is 4.79 Å². The van der Waals surface area contributed by atoms with Crippen LogP contribution in [0.2, 0.25) is 5.02 Å². The summed E-state index contributed by atoms with van der Waals surface area (Å²) in [6.45, 7) is 1.58. The van der Waals surface area contributed by atoms with Crippen molar-refractivity contribution in [1.29, 1.82) is 0 Å². The van der Waals surface area contributed by atoms with E-state index in [1.165, 1.54) is 6.07 Å². The molecule has 12 heteroatoms. The molecule has 0 aliphatic carbocycles. The van der Waals surface area contributed by atoms with E-state index in [1.807, 2.05) is 0 Å². The smallest absolute Gasteiger partial charge is 0.416 e. The van der Waals surface area contributed by atoms with Gasteiger partial charge in [0.2, 0.25) is 5.75 Å². The lowest BCUT2D eigenvalue weighted by Crippen LogP contribution is -2.31. The molecule has 0 amide bonds. The molecule has 2 aromatic rings. The van der Waals surface area contributed by atoms with Crippen LogP contribution in [0.3, 0.4) is 0 Å². The van der Waals surface area contributed by atoms with Gasteiger partial charge in [0.25, 0.3) is 6.29 Å². The minimum Gasteiger partial charge on any atom is -0.461 e. The summed E-state index contributed by atoms with van der Waals surface area (Å²) in [5.74, 6) is -1.47. The first-order valence-electron chi connectivity index (χ1n) is 8.26. The second-order valence-corrected chi connectivity index (χ2v) is 5.98. The van der Waals surface area contributed by atoms with Gasteiger partial charge in [-0.05, 0) is 31.2 Å². The Morgan fingerprint density at radius 1 is 1.20 bits per heavy atom. The molecule has 0 aromatic heterocycles. The number of halogens is 4. The molecule has 0 spiro atoms. The molecule has 0 radical (unpaired) electrons. The van der Waals surface area contributed by atoms with Crippen LogP contribution in [0.15, 0.2) is 36.4 Å². The molecule has 0 aliphatic rings. The number of hydrogen-bond acceptors (Lipinski definition) is 7. The molecule has 162 valence electrons. The number of rotatable bonds is 8. The van der Waals surface area contributed by atoms with Gasteiger partial charge in [-0.3, -0.25) is 10.1 Å². The second-order valence-electron chi connectivity index (χ2n) is 5.57. The molecule has 8 nitrogen and oxygen atoms in total. The van der Waals surface area contributed by atoms with Crippen LogP contribution in [0.1, 0.15) is 12.5 Å².